The summed E-state index contributed by atoms with van der Waals surface area (Å²) in [7, 11) is 0. The van der Waals surface area contributed by atoms with E-state index in [4.69, 9.17) is 15.2 Å². The van der Waals surface area contributed by atoms with Crippen LogP contribution in [0.15, 0.2) is 0 Å². The predicted molar refractivity (Wildman–Crippen MR) is 72.6 cm³/mol. The lowest BCUT2D eigenvalue weighted by atomic mass is 10.0. The van der Waals surface area contributed by atoms with E-state index in [0.717, 1.165) is 26.1 Å². The molecule has 18 heavy (non-hydrogen) atoms. The van der Waals surface area contributed by atoms with Crippen molar-refractivity contribution in [2.75, 3.05) is 26.2 Å². The molecule has 4 heteroatoms. The molecule has 0 amide bonds. The third-order valence-electron chi connectivity index (χ3n) is 4.27. The van der Waals surface area contributed by atoms with Crippen molar-refractivity contribution in [1.82, 2.24) is 4.90 Å². The first-order chi connectivity index (χ1) is 8.74. The van der Waals surface area contributed by atoms with Gasteiger partial charge in [0.25, 0.3) is 0 Å². The van der Waals surface area contributed by atoms with Crippen LogP contribution in [0, 0.1) is 0 Å². The van der Waals surface area contributed by atoms with Crippen molar-refractivity contribution in [2.45, 2.75) is 63.9 Å². The molecule has 106 valence electrons. The highest BCUT2D eigenvalue weighted by Gasteiger charge is 2.33. The van der Waals surface area contributed by atoms with E-state index in [1.54, 1.807) is 0 Å². The SMILES string of the molecule is CCN(CC1CCCO1)C(CN)C1CCC(C)O1. The van der Waals surface area contributed by atoms with Gasteiger partial charge >= 0.3 is 0 Å². The molecule has 0 radical (unpaired) electrons. The summed E-state index contributed by atoms with van der Waals surface area (Å²) < 4.78 is 11.7. The van der Waals surface area contributed by atoms with Crippen LogP contribution in [-0.2, 0) is 9.47 Å². The van der Waals surface area contributed by atoms with Gasteiger partial charge in [-0.05, 0) is 39.2 Å². The predicted octanol–water partition coefficient (Wildman–Crippen LogP) is 1.38. The smallest absolute Gasteiger partial charge is 0.0747 e. The third kappa shape index (κ3) is 3.44. The molecule has 0 aromatic rings. The highest BCUT2D eigenvalue weighted by molar-refractivity contribution is 4.87. The Kier molecular flexibility index (Phi) is 5.42. The van der Waals surface area contributed by atoms with Crippen molar-refractivity contribution in [3.63, 3.8) is 0 Å². The van der Waals surface area contributed by atoms with Crippen molar-refractivity contribution >= 4 is 0 Å². The van der Waals surface area contributed by atoms with E-state index in [1.807, 2.05) is 0 Å². The van der Waals surface area contributed by atoms with Gasteiger partial charge in [-0.2, -0.15) is 0 Å². The second-order valence-electron chi connectivity index (χ2n) is 5.59. The molecule has 2 aliphatic heterocycles. The lowest BCUT2D eigenvalue weighted by molar-refractivity contribution is -0.0185. The van der Waals surface area contributed by atoms with Crippen molar-refractivity contribution in [3.05, 3.63) is 0 Å². The average molecular weight is 256 g/mol. The molecule has 2 saturated heterocycles. The molecule has 0 aromatic heterocycles. The number of ether oxygens (including phenoxy) is 2. The molecule has 2 fully saturated rings. The summed E-state index contributed by atoms with van der Waals surface area (Å²) in [5.41, 5.74) is 5.99. The molecule has 2 rings (SSSR count). The monoisotopic (exact) mass is 256 g/mol. The van der Waals surface area contributed by atoms with Gasteiger partial charge in [-0.15, -0.1) is 0 Å². The van der Waals surface area contributed by atoms with E-state index in [9.17, 15) is 0 Å². The first-order valence-corrected chi connectivity index (χ1v) is 7.45. The molecule has 2 heterocycles. The Bertz CT molecular complexity index is 244. The van der Waals surface area contributed by atoms with Gasteiger partial charge in [-0.1, -0.05) is 6.92 Å². The first kappa shape index (κ1) is 14.3. The number of likely N-dealkylation sites (N-methyl/N-ethyl adjacent to an activating group) is 1. The summed E-state index contributed by atoms with van der Waals surface area (Å²) >= 11 is 0. The van der Waals surface area contributed by atoms with Crippen LogP contribution in [0.25, 0.3) is 0 Å². The Morgan fingerprint density at radius 2 is 2.17 bits per heavy atom. The number of rotatable bonds is 6. The number of nitrogens with zero attached hydrogens (tertiary/aromatic N) is 1. The van der Waals surface area contributed by atoms with Crippen LogP contribution < -0.4 is 5.73 Å². The lowest BCUT2D eigenvalue weighted by Crippen LogP contribution is -2.50. The Hall–Kier alpha value is -0.160. The Labute approximate surface area is 111 Å². The van der Waals surface area contributed by atoms with Gasteiger partial charge in [0.15, 0.2) is 0 Å². The molecule has 0 bridgehead atoms. The fourth-order valence-electron chi connectivity index (χ4n) is 3.20. The molecule has 0 saturated carbocycles. The Morgan fingerprint density at radius 1 is 1.33 bits per heavy atom. The van der Waals surface area contributed by atoms with E-state index in [1.165, 1.54) is 19.3 Å². The minimum atomic E-state index is 0.311. The van der Waals surface area contributed by atoms with Gasteiger partial charge < -0.3 is 15.2 Å². The molecule has 2 N–H and O–H groups in total. The molecule has 4 unspecified atom stereocenters. The number of nitrogens with two attached hydrogens (primary N) is 1. The molecular formula is C14H28N2O2. The summed E-state index contributed by atoms with van der Waals surface area (Å²) in [5, 5.41) is 0. The molecule has 0 spiro atoms. The second kappa shape index (κ2) is 6.85. The fraction of sp³-hybridized carbons (Fsp3) is 1.00. The lowest BCUT2D eigenvalue weighted by Gasteiger charge is -2.35. The van der Waals surface area contributed by atoms with E-state index in [0.29, 0.717) is 30.9 Å². The molecular weight excluding hydrogens is 228 g/mol. The number of hydrogen-bond donors (Lipinski definition) is 1. The second-order valence-corrected chi connectivity index (χ2v) is 5.59. The third-order valence-corrected chi connectivity index (χ3v) is 4.27. The average Bonchev–Trinajstić information content (AvgIpc) is 3.01. The van der Waals surface area contributed by atoms with E-state index in [-0.39, 0.29) is 0 Å². The quantitative estimate of drug-likeness (QED) is 0.780. The molecule has 4 atom stereocenters. The summed E-state index contributed by atoms with van der Waals surface area (Å²) in [6.45, 7) is 7.99. The van der Waals surface area contributed by atoms with Gasteiger partial charge in [0, 0.05) is 25.7 Å². The highest BCUT2D eigenvalue weighted by Crippen LogP contribution is 2.25. The fourth-order valence-corrected chi connectivity index (χ4v) is 3.20. The van der Waals surface area contributed by atoms with Crippen LogP contribution in [-0.4, -0.2) is 55.5 Å². The van der Waals surface area contributed by atoms with Crippen molar-refractivity contribution in [2.24, 2.45) is 5.73 Å². The van der Waals surface area contributed by atoms with Gasteiger partial charge in [0.1, 0.15) is 0 Å². The number of hydrogen-bond acceptors (Lipinski definition) is 4. The van der Waals surface area contributed by atoms with Crippen molar-refractivity contribution in [3.8, 4) is 0 Å². The first-order valence-electron chi connectivity index (χ1n) is 7.45. The zero-order valence-corrected chi connectivity index (χ0v) is 11.8. The molecule has 0 aromatic carbocycles. The van der Waals surface area contributed by atoms with Gasteiger partial charge in [-0.25, -0.2) is 0 Å². The minimum Gasteiger partial charge on any atom is -0.377 e. The van der Waals surface area contributed by atoms with Crippen molar-refractivity contribution in [1.29, 1.82) is 0 Å². The van der Waals surface area contributed by atoms with E-state index >= 15 is 0 Å². The van der Waals surface area contributed by atoms with E-state index < -0.39 is 0 Å². The standard InChI is InChI=1S/C14H28N2O2/c1-3-16(10-12-5-4-8-17-12)13(9-15)14-7-6-11(2)18-14/h11-14H,3-10,15H2,1-2H3. The highest BCUT2D eigenvalue weighted by atomic mass is 16.5. The summed E-state index contributed by atoms with van der Waals surface area (Å²) in [6.07, 6.45) is 5.81. The van der Waals surface area contributed by atoms with Crippen LogP contribution in [0.4, 0.5) is 0 Å². The minimum absolute atomic E-state index is 0.311. The van der Waals surface area contributed by atoms with Crippen LogP contribution >= 0.6 is 0 Å². The Balaban J connectivity index is 1.90. The zero-order chi connectivity index (χ0) is 13.0. The van der Waals surface area contributed by atoms with Crippen LogP contribution in [0.3, 0.4) is 0 Å². The molecule has 0 aliphatic carbocycles. The summed E-state index contributed by atoms with van der Waals surface area (Å²) in [4.78, 5) is 2.46. The molecule has 4 nitrogen and oxygen atoms in total. The largest absolute Gasteiger partial charge is 0.377 e. The zero-order valence-electron chi connectivity index (χ0n) is 11.8. The maximum Gasteiger partial charge on any atom is 0.0747 e. The van der Waals surface area contributed by atoms with Crippen LogP contribution in [0.2, 0.25) is 0 Å². The van der Waals surface area contributed by atoms with Crippen LogP contribution in [0.5, 0.6) is 0 Å². The topological polar surface area (TPSA) is 47.7 Å². The van der Waals surface area contributed by atoms with Gasteiger partial charge in [0.05, 0.1) is 18.3 Å². The molecule has 2 aliphatic rings. The normalized spacial score (nSPS) is 34.3. The Morgan fingerprint density at radius 3 is 2.67 bits per heavy atom. The summed E-state index contributed by atoms with van der Waals surface area (Å²) in [6, 6.07) is 0.351. The maximum atomic E-state index is 6.00. The van der Waals surface area contributed by atoms with Crippen molar-refractivity contribution < 1.29 is 9.47 Å². The maximum absolute atomic E-state index is 6.00. The van der Waals surface area contributed by atoms with Gasteiger partial charge in [-0.3, -0.25) is 4.90 Å². The summed E-state index contributed by atoms with van der Waals surface area (Å²) in [5.74, 6) is 0. The van der Waals surface area contributed by atoms with E-state index in [2.05, 4.69) is 18.7 Å². The van der Waals surface area contributed by atoms with Gasteiger partial charge in [0.2, 0.25) is 0 Å². The van der Waals surface area contributed by atoms with Crippen LogP contribution in [0.1, 0.15) is 39.5 Å².